The van der Waals surface area contributed by atoms with Crippen molar-refractivity contribution in [1.82, 2.24) is 10.3 Å². The number of nitrogens with zero attached hydrogens (tertiary/aromatic N) is 1. The van der Waals surface area contributed by atoms with Crippen molar-refractivity contribution in [3.8, 4) is 0 Å². The maximum absolute atomic E-state index is 11.7. The van der Waals surface area contributed by atoms with Crippen LogP contribution in [0.25, 0.3) is 0 Å². The summed E-state index contributed by atoms with van der Waals surface area (Å²) in [5.41, 5.74) is 0.457. The lowest BCUT2D eigenvalue weighted by Crippen LogP contribution is -2.43. The fourth-order valence-electron chi connectivity index (χ4n) is 1.84. The van der Waals surface area contributed by atoms with Gasteiger partial charge in [-0.25, -0.2) is 4.98 Å². The first-order chi connectivity index (χ1) is 7.16. The van der Waals surface area contributed by atoms with Crippen LogP contribution in [0.5, 0.6) is 0 Å². The number of halogens is 1. The van der Waals surface area contributed by atoms with Crippen LogP contribution in [-0.2, 0) is 0 Å². The van der Waals surface area contributed by atoms with Crippen LogP contribution in [0, 0.1) is 5.92 Å². The molecule has 3 nitrogen and oxygen atoms in total. The van der Waals surface area contributed by atoms with Crippen molar-refractivity contribution in [3.63, 3.8) is 0 Å². The Morgan fingerprint density at radius 1 is 1.60 bits per heavy atom. The number of pyridine rings is 1. The van der Waals surface area contributed by atoms with Crippen molar-refractivity contribution in [1.29, 1.82) is 0 Å². The van der Waals surface area contributed by atoms with Crippen LogP contribution >= 0.6 is 11.6 Å². The summed E-state index contributed by atoms with van der Waals surface area (Å²) in [6.45, 7) is 2.18. The van der Waals surface area contributed by atoms with Crippen LogP contribution in [0.1, 0.15) is 30.1 Å². The molecule has 1 aliphatic carbocycles. The van der Waals surface area contributed by atoms with E-state index in [4.69, 9.17) is 11.6 Å². The topological polar surface area (TPSA) is 42.0 Å². The molecule has 0 aliphatic heterocycles. The second kappa shape index (κ2) is 4.19. The summed E-state index contributed by atoms with van der Waals surface area (Å²) < 4.78 is 0. The van der Waals surface area contributed by atoms with Gasteiger partial charge in [0.15, 0.2) is 0 Å². The fraction of sp³-hybridized carbons (Fsp3) is 0.455. The van der Waals surface area contributed by atoms with Crippen molar-refractivity contribution in [2.45, 2.75) is 25.8 Å². The minimum atomic E-state index is -0.120. The molecule has 0 saturated heterocycles. The first-order valence-electron chi connectivity index (χ1n) is 5.08. The van der Waals surface area contributed by atoms with E-state index in [1.165, 1.54) is 0 Å². The van der Waals surface area contributed by atoms with Crippen molar-refractivity contribution in [3.05, 3.63) is 29.0 Å². The molecule has 0 radical (unpaired) electrons. The first kappa shape index (κ1) is 10.4. The third kappa shape index (κ3) is 2.29. The monoisotopic (exact) mass is 224 g/mol. The molecule has 0 atom stereocenters. The van der Waals surface area contributed by atoms with Gasteiger partial charge in [0.05, 0.1) is 5.56 Å². The molecule has 1 aromatic rings. The average molecular weight is 225 g/mol. The first-order valence-corrected chi connectivity index (χ1v) is 5.46. The van der Waals surface area contributed by atoms with Crippen LogP contribution < -0.4 is 5.32 Å². The Morgan fingerprint density at radius 2 is 2.33 bits per heavy atom. The van der Waals surface area contributed by atoms with Crippen LogP contribution in [-0.4, -0.2) is 16.9 Å². The summed E-state index contributed by atoms with van der Waals surface area (Å²) in [7, 11) is 0. The summed E-state index contributed by atoms with van der Waals surface area (Å²) in [6.07, 6.45) is 3.69. The summed E-state index contributed by atoms with van der Waals surface area (Å²) in [4.78, 5) is 15.6. The van der Waals surface area contributed by atoms with Gasteiger partial charge in [-0.3, -0.25) is 4.79 Å². The molecule has 4 heteroatoms. The third-order valence-electron chi connectivity index (χ3n) is 2.71. The van der Waals surface area contributed by atoms with E-state index in [1.807, 2.05) is 0 Å². The minimum Gasteiger partial charge on any atom is -0.349 e. The van der Waals surface area contributed by atoms with Gasteiger partial charge in [0.2, 0.25) is 0 Å². The molecule has 1 fully saturated rings. The van der Waals surface area contributed by atoms with E-state index in [1.54, 1.807) is 18.3 Å². The quantitative estimate of drug-likeness (QED) is 0.783. The summed E-state index contributed by atoms with van der Waals surface area (Å²) in [5.74, 6) is 0.602. The number of rotatable bonds is 2. The average Bonchev–Trinajstić information content (AvgIpc) is 2.16. The number of carbonyl (C=O) groups excluding carboxylic acids is 1. The van der Waals surface area contributed by atoms with E-state index in [0.29, 0.717) is 11.6 Å². The van der Waals surface area contributed by atoms with E-state index >= 15 is 0 Å². The Hall–Kier alpha value is -1.09. The summed E-state index contributed by atoms with van der Waals surface area (Å²) in [5, 5.41) is 3.21. The SMILES string of the molecule is CC1CC(NC(=O)c2cccnc2Cl)C1. The number of nitrogens with one attached hydrogen (secondary N) is 1. The van der Waals surface area contributed by atoms with Gasteiger partial charge in [0, 0.05) is 12.2 Å². The number of hydrogen-bond donors (Lipinski definition) is 1. The Labute approximate surface area is 93.8 Å². The largest absolute Gasteiger partial charge is 0.349 e. The van der Waals surface area contributed by atoms with Crippen molar-refractivity contribution in [2.75, 3.05) is 0 Å². The van der Waals surface area contributed by atoms with E-state index in [9.17, 15) is 4.79 Å². The number of aromatic nitrogens is 1. The Balaban J connectivity index is 1.99. The highest BCUT2D eigenvalue weighted by Gasteiger charge is 2.27. The number of amides is 1. The van der Waals surface area contributed by atoms with Crippen LogP contribution in [0.2, 0.25) is 5.15 Å². The minimum absolute atomic E-state index is 0.120. The molecule has 1 N–H and O–H groups in total. The highest BCUT2D eigenvalue weighted by molar-refractivity contribution is 6.32. The Kier molecular flexibility index (Phi) is 2.91. The lowest BCUT2D eigenvalue weighted by molar-refractivity contribution is 0.0896. The lowest BCUT2D eigenvalue weighted by atomic mass is 9.82. The van der Waals surface area contributed by atoms with E-state index in [-0.39, 0.29) is 11.1 Å². The van der Waals surface area contributed by atoms with Gasteiger partial charge >= 0.3 is 0 Å². The molecule has 0 aromatic carbocycles. The Morgan fingerprint density at radius 3 is 2.93 bits per heavy atom. The molecule has 1 aromatic heterocycles. The molecule has 0 spiro atoms. The van der Waals surface area contributed by atoms with E-state index in [0.717, 1.165) is 18.8 Å². The van der Waals surface area contributed by atoms with Gasteiger partial charge in [-0.05, 0) is 30.9 Å². The third-order valence-corrected chi connectivity index (χ3v) is 3.01. The van der Waals surface area contributed by atoms with Crippen LogP contribution in [0.4, 0.5) is 0 Å². The van der Waals surface area contributed by atoms with E-state index < -0.39 is 0 Å². The second-order valence-electron chi connectivity index (χ2n) is 4.09. The van der Waals surface area contributed by atoms with Gasteiger partial charge in [0.25, 0.3) is 5.91 Å². The molecule has 0 unspecified atom stereocenters. The predicted octanol–water partition coefficient (Wildman–Crippen LogP) is 2.26. The zero-order chi connectivity index (χ0) is 10.8. The van der Waals surface area contributed by atoms with Crippen LogP contribution in [0.15, 0.2) is 18.3 Å². The van der Waals surface area contributed by atoms with Crippen molar-refractivity contribution < 1.29 is 4.79 Å². The lowest BCUT2D eigenvalue weighted by Gasteiger charge is -2.33. The standard InChI is InChI=1S/C11H13ClN2O/c1-7-5-8(6-7)14-11(15)9-3-2-4-13-10(9)12/h2-4,7-8H,5-6H2,1H3,(H,14,15). The maximum atomic E-state index is 11.7. The smallest absolute Gasteiger partial charge is 0.254 e. The molecule has 15 heavy (non-hydrogen) atoms. The highest BCUT2D eigenvalue weighted by Crippen LogP contribution is 2.26. The van der Waals surface area contributed by atoms with Crippen molar-refractivity contribution in [2.24, 2.45) is 5.92 Å². The molecule has 1 heterocycles. The zero-order valence-corrected chi connectivity index (χ0v) is 9.29. The molecule has 2 rings (SSSR count). The molecule has 80 valence electrons. The van der Waals surface area contributed by atoms with Gasteiger partial charge in [0.1, 0.15) is 5.15 Å². The molecular formula is C11H13ClN2O. The van der Waals surface area contributed by atoms with E-state index in [2.05, 4.69) is 17.2 Å². The normalized spacial score (nSPS) is 24.4. The molecule has 1 amide bonds. The fourth-order valence-corrected chi connectivity index (χ4v) is 2.04. The predicted molar refractivity (Wildman–Crippen MR) is 58.9 cm³/mol. The van der Waals surface area contributed by atoms with Gasteiger partial charge < -0.3 is 5.32 Å². The van der Waals surface area contributed by atoms with Gasteiger partial charge in [-0.2, -0.15) is 0 Å². The summed E-state index contributed by atoms with van der Waals surface area (Å²) >= 11 is 5.82. The van der Waals surface area contributed by atoms with Crippen LogP contribution in [0.3, 0.4) is 0 Å². The molecular weight excluding hydrogens is 212 g/mol. The van der Waals surface area contributed by atoms with Gasteiger partial charge in [-0.1, -0.05) is 18.5 Å². The molecule has 1 aliphatic rings. The summed E-state index contributed by atoms with van der Waals surface area (Å²) in [6, 6.07) is 3.71. The number of hydrogen-bond acceptors (Lipinski definition) is 2. The Bertz CT molecular complexity index is 375. The molecule has 1 saturated carbocycles. The number of carbonyl (C=O) groups is 1. The van der Waals surface area contributed by atoms with Gasteiger partial charge in [-0.15, -0.1) is 0 Å². The zero-order valence-electron chi connectivity index (χ0n) is 8.53. The molecule has 0 bridgehead atoms. The second-order valence-corrected chi connectivity index (χ2v) is 4.45. The maximum Gasteiger partial charge on any atom is 0.254 e. The van der Waals surface area contributed by atoms with Crippen molar-refractivity contribution >= 4 is 17.5 Å². The highest BCUT2D eigenvalue weighted by atomic mass is 35.5.